The number of benzene rings is 1. The highest BCUT2D eigenvalue weighted by Crippen LogP contribution is 2.27. The Morgan fingerprint density at radius 2 is 1.95 bits per heavy atom. The molecule has 0 unspecified atom stereocenters. The molecule has 0 fully saturated rings. The van der Waals surface area contributed by atoms with Crippen LogP contribution < -0.4 is 5.32 Å². The van der Waals surface area contributed by atoms with Crippen LogP contribution in [0.3, 0.4) is 0 Å². The Morgan fingerprint density at radius 1 is 1.05 bits per heavy atom. The van der Waals surface area contributed by atoms with Crippen molar-refractivity contribution in [1.82, 2.24) is 20.5 Å². The summed E-state index contributed by atoms with van der Waals surface area (Å²) in [5.74, 6) is 0.861. The summed E-state index contributed by atoms with van der Waals surface area (Å²) in [4.78, 5) is 6.70. The number of thiophene rings is 1. The van der Waals surface area contributed by atoms with Gasteiger partial charge in [0.15, 0.2) is 0 Å². The Balaban J connectivity index is 1.59. The predicted octanol–water partition coefficient (Wildman–Crippen LogP) is 2.82. The molecule has 2 N–H and O–H groups in total. The zero-order valence-electron chi connectivity index (χ0n) is 10.3. The number of H-pyrrole nitrogens is 1. The van der Waals surface area contributed by atoms with Gasteiger partial charge in [-0.1, -0.05) is 30.3 Å². The molecule has 0 atom stereocenters. The first kappa shape index (κ1) is 12.1. The van der Waals surface area contributed by atoms with Gasteiger partial charge in [-0.05, 0) is 17.7 Å². The van der Waals surface area contributed by atoms with E-state index in [4.69, 9.17) is 0 Å². The second kappa shape index (κ2) is 5.77. The molecular formula is C14H14N4S. The Kier molecular flexibility index (Phi) is 3.67. The molecule has 3 aromatic rings. The summed E-state index contributed by atoms with van der Waals surface area (Å²) in [6.45, 7) is 1.55. The van der Waals surface area contributed by atoms with Crippen LogP contribution in [0.5, 0.6) is 0 Å². The summed E-state index contributed by atoms with van der Waals surface area (Å²) >= 11 is 1.81. The van der Waals surface area contributed by atoms with Gasteiger partial charge in [0, 0.05) is 16.3 Å². The normalized spacial score (nSPS) is 10.7. The Hall–Kier alpha value is -1.98. The first-order valence-electron chi connectivity index (χ1n) is 6.11. The smallest absolute Gasteiger partial charge is 0.138 e. The first-order chi connectivity index (χ1) is 9.42. The van der Waals surface area contributed by atoms with Crippen molar-refractivity contribution in [3.8, 4) is 10.4 Å². The van der Waals surface area contributed by atoms with E-state index in [9.17, 15) is 0 Å². The van der Waals surface area contributed by atoms with Crippen LogP contribution in [0, 0.1) is 0 Å². The lowest BCUT2D eigenvalue weighted by Gasteiger charge is -1.99. The molecule has 0 saturated carbocycles. The summed E-state index contributed by atoms with van der Waals surface area (Å²) in [5.41, 5.74) is 1.27. The van der Waals surface area contributed by atoms with Crippen molar-refractivity contribution in [2.75, 3.05) is 0 Å². The van der Waals surface area contributed by atoms with Crippen LogP contribution in [0.4, 0.5) is 0 Å². The second-order valence-electron chi connectivity index (χ2n) is 4.17. The van der Waals surface area contributed by atoms with Gasteiger partial charge in [-0.3, -0.25) is 5.10 Å². The van der Waals surface area contributed by atoms with Gasteiger partial charge in [-0.15, -0.1) is 11.3 Å². The largest absolute Gasteiger partial charge is 0.305 e. The molecule has 0 bridgehead atoms. The van der Waals surface area contributed by atoms with Crippen LogP contribution in [0.1, 0.15) is 10.7 Å². The fraction of sp³-hybridized carbons (Fsp3) is 0.143. The minimum atomic E-state index is 0.707. The van der Waals surface area contributed by atoms with E-state index in [0.717, 1.165) is 12.4 Å². The van der Waals surface area contributed by atoms with Crippen molar-refractivity contribution in [3.05, 3.63) is 59.5 Å². The molecule has 3 rings (SSSR count). The summed E-state index contributed by atoms with van der Waals surface area (Å²) in [7, 11) is 0. The average Bonchev–Trinajstić information content (AvgIpc) is 3.11. The average molecular weight is 270 g/mol. The highest BCUT2D eigenvalue weighted by atomic mass is 32.1. The van der Waals surface area contributed by atoms with Crippen molar-refractivity contribution in [2.45, 2.75) is 13.1 Å². The number of aromatic nitrogens is 3. The minimum Gasteiger partial charge on any atom is -0.305 e. The van der Waals surface area contributed by atoms with E-state index in [1.807, 2.05) is 17.4 Å². The van der Waals surface area contributed by atoms with Crippen LogP contribution in [-0.2, 0) is 13.1 Å². The molecule has 0 spiro atoms. The Labute approximate surface area is 115 Å². The summed E-state index contributed by atoms with van der Waals surface area (Å²) < 4.78 is 0. The van der Waals surface area contributed by atoms with E-state index < -0.39 is 0 Å². The van der Waals surface area contributed by atoms with Crippen LogP contribution in [0.2, 0.25) is 0 Å². The monoisotopic (exact) mass is 270 g/mol. The van der Waals surface area contributed by atoms with Crippen molar-refractivity contribution >= 4 is 11.3 Å². The van der Waals surface area contributed by atoms with Crippen LogP contribution >= 0.6 is 11.3 Å². The van der Waals surface area contributed by atoms with E-state index in [1.54, 1.807) is 0 Å². The third kappa shape index (κ3) is 3.07. The standard InChI is InChI=1S/C14H14N4S/c1-2-4-11(5-3-1)13-7-6-12(19-13)8-15-9-14-16-10-17-18-14/h1-7,10,15H,8-9H2,(H,16,17,18). The molecule has 1 aromatic carbocycles. The minimum absolute atomic E-state index is 0.707. The molecule has 5 heteroatoms. The summed E-state index contributed by atoms with van der Waals surface area (Å²) in [5, 5.41) is 10.00. The molecule has 19 heavy (non-hydrogen) atoms. The van der Waals surface area contributed by atoms with E-state index in [-0.39, 0.29) is 0 Å². The predicted molar refractivity (Wildman–Crippen MR) is 76.7 cm³/mol. The number of nitrogens with one attached hydrogen (secondary N) is 2. The number of aromatic amines is 1. The highest BCUT2D eigenvalue weighted by molar-refractivity contribution is 7.15. The van der Waals surface area contributed by atoms with Gasteiger partial charge < -0.3 is 5.32 Å². The summed E-state index contributed by atoms with van der Waals surface area (Å²) in [6, 6.07) is 14.8. The van der Waals surface area contributed by atoms with Crippen molar-refractivity contribution < 1.29 is 0 Å². The molecule has 0 aliphatic rings. The second-order valence-corrected chi connectivity index (χ2v) is 5.34. The fourth-order valence-electron chi connectivity index (χ4n) is 1.85. The summed E-state index contributed by atoms with van der Waals surface area (Å²) in [6.07, 6.45) is 1.52. The Bertz CT molecular complexity index is 616. The maximum absolute atomic E-state index is 4.07. The van der Waals surface area contributed by atoms with Crippen molar-refractivity contribution in [3.63, 3.8) is 0 Å². The molecule has 0 amide bonds. The van der Waals surface area contributed by atoms with Gasteiger partial charge >= 0.3 is 0 Å². The number of hydrogen-bond acceptors (Lipinski definition) is 4. The van der Waals surface area contributed by atoms with Crippen LogP contribution in [-0.4, -0.2) is 15.2 Å². The Morgan fingerprint density at radius 3 is 2.74 bits per heavy atom. The van der Waals surface area contributed by atoms with Crippen molar-refractivity contribution in [2.24, 2.45) is 0 Å². The zero-order chi connectivity index (χ0) is 12.9. The topological polar surface area (TPSA) is 53.6 Å². The molecule has 0 saturated heterocycles. The molecule has 2 aromatic heterocycles. The number of nitrogens with zero attached hydrogens (tertiary/aromatic N) is 2. The van der Waals surface area contributed by atoms with E-state index in [1.165, 1.54) is 21.6 Å². The molecule has 96 valence electrons. The fourth-order valence-corrected chi connectivity index (χ4v) is 2.83. The van der Waals surface area contributed by atoms with Crippen molar-refractivity contribution in [1.29, 1.82) is 0 Å². The lowest BCUT2D eigenvalue weighted by molar-refractivity contribution is 0.671. The van der Waals surface area contributed by atoms with Gasteiger partial charge in [-0.25, -0.2) is 4.98 Å². The van der Waals surface area contributed by atoms with E-state index in [0.29, 0.717) is 6.54 Å². The van der Waals surface area contributed by atoms with Gasteiger partial charge in [0.1, 0.15) is 12.2 Å². The molecule has 4 nitrogen and oxygen atoms in total. The number of hydrogen-bond donors (Lipinski definition) is 2. The quantitative estimate of drug-likeness (QED) is 0.749. The molecule has 0 aliphatic heterocycles. The first-order valence-corrected chi connectivity index (χ1v) is 6.92. The number of rotatable bonds is 5. The lowest BCUT2D eigenvalue weighted by Crippen LogP contribution is -2.12. The lowest BCUT2D eigenvalue weighted by atomic mass is 10.2. The maximum Gasteiger partial charge on any atom is 0.138 e. The zero-order valence-corrected chi connectivity index (χ0v) is 11.2. The maximum atomic E-state index is 4.07. The molecule has 2 heterocycles. The van der Waals surface area contributed by atoms with Crippen LogP contribution in [0.15, 0.2) is 48.8 Å². The SMILES string of the molecule is c1ccc(-c2ccc(CNCc3ncn[nH]3)s2)cc1. The van der Waals surface area contributed by atoms with Gasteiger partial charge in [0.25, 0.3) is 0 Å². The van der Waals surface area contributed by atoms with Crippen LogP contribution in [0.25, 0.3) is 10.4 Å². The highest BCUT2D eigenvalue weighted by Gasteiger charge is 2.02. The van der Waals surface area contributed by atoms with Gasteiger partial charge in [-0.2, -0.15) is 5.10 Å². The molecular weight excluding hydrogens is 256 g/mol. The van der Waals surface area contributed by atoms with Gasteiger partial charge in [0.2, 0.25) is 0 Å². The van der Waals surface area contributed by atoms with Gasteiger partial charge in [0.05, 0.1) is 6.54 Å². The van der Waals surface area contributed by atoms with E-state index >= 15 is 0 Å². The third-order valence-electron chi connectivity index (χ3n) is 2.78. The van der Waals surface area contributed by atoms with E-state index in [2.05, 4.69) is 56.9 Å². The molecule has 0 radical (unpaired) electrons. The third-order valence-corrected chi connectivity index (χ3v) is 3.91. The molecule has 0 aliphatic carbocycles.